The lowest BCUT2D eigenvalue weighted by Gasteiger charge is -1.99. The van der Waals surface area contributed by atoms with E-state index in [9.17, 15) is 0 Å². The standard InChI is InChI=1S/C12H9BrN2O/c13-10-1-2-12-11(5-10)9(7-16-12)6-15-4-3-14-8-15/h1-5,7-8H,6H2. The van der Waals surface area contributed by atoms with Crippen molar-refractivity contribution < 1.29 is 4.42 Å². The van der Waals surface area contributed by atoms with Crippen LogP contribution in [0, 0.1) is 0 Å². The Hall–Kier alpha value is -1.55. The molecule has 0 atom stereocenters. The van der Waals surface area contributed by atoms with Crippen molar-refractivity contribution >= 4 is 26.9 Å². The fourth-order valence-corrected chi connectivity index (χ4v) is 2.11. The summed E-state index contributed by atoms with van der Waals surface area (Å²) in [5.74, 6) is 0. The zero-order valence-electron chi connectivity index (χ0n) is 8.43. The molecule has 0 aliphatic carbocycles. The number of imidazole rings is 1. The van der Waals surface area contributed by atoms with E-state index in [1.807, 2.05) is 22.9 Å². The second kappa shape index (κ2) is 3.79. The number of fused-ring (bicyclic) bond motifs is 1. The summed E-state index contributed by atoms with van der Waals surface area (Å²) in [7, 11) is 0. The van der Waals surface area contributed by atoms with Gasteiger partial charge in [0.15, 0.2) is 0 Å². The molecule has 1 aromatic carbocycles. The average Bonchev–Trinajstić information content (AvgIpc) is 2.90. The predicted molar refractivity (Wildman–Crippen MR) is 65.2 cm³/mol. The van der Waals surface area contributed by atoms with Crippen LogP contribution in [0.2, 0.25) is 0 Å². The lowest BCUT2D eigenvalue weighted by molar-refractivity contribution is 0.607. The molecule has 0 spiro atoms. The zero-order chi connectivity index (χ0) is 11.0. The fraction of sp³-hybridized carbons (Fsp3) is 0.0833. The molecule has 16 heavy (non-hydrogen) atoms. The van der Waals surface area contributed by atoms with Gasteiger partial charge in [0.05, 0.1) is 19.1 Å². The molecule has 3 rings (SSSR count). The molecule has 4 heteroatoms. The van der Waals surface area contributed by atoms with E-state index < -0.39 is 0 Å². The number of rotatable bonds is 2. The van der Waals surface area contributed by atoms with Gasteiger partial charge in [0, 0.05) is 27.8 Å². The van der Waals surface area contributed by atoms with Crippen molar-refractivity contribution in [3.63, 3.8) is 0 Å². The van der Waals surface area contributed by atoms with Gasteiger partial charge in [-0.3, -0.25) is 0 Å². The molecule has 0 bridgehead atoms. The lowest BCUT2D eigenvalue weighted by atomic mass is 10.2. The van der Waals surface area contributed by atoms with Crippen LogP contribution in [-0.2, 0) is 6.54 Å². The number of nitrogens with zero attached hydrogens (tertiary/aromatic N) is 2. The van der Waals surface area contributed by atoms with Gasteiger partial charge < -0.3 is 8.98 Å². The summed E-state index contributed by atoms with van der Waals surface area (Å²) in [6, 6.07) is 6.02. The number of aromatic nitrogens is 2. The van der Waals surface area contributed by atoms with E-state index in [1.165, 1.54) is 0 Å². The van der Waals surface area contributed by atoms with Crippen LogP contribution in [0.3, 0.4) is 0 Å². The van der Waals surface area contributed by atoms with Crippen molar-refractivity contribution in [1.82, 2.24) is 9.55 Å². The number of halogens is 1. The topological polar surface area (TPSA) is 31.0 Å². The van der Waals surface area contributed by atoms with Crippen molar-refractivity contribution in [2.24, 2.45) is 0 Å². The summed E-state index contributed by atoms with van der Waals surface area (Å²) < 4.78 is 8.58. The Labute approximate surface area is 101 Å². The molecule has 0 fully saturated rings. The van der Waals surface area contributed by atoms with Crippen molar-refractivity contribution in [1.29, 1.82) is 0 Å². The van der Waals surface area contributed by atoms with Crippen LogP contribution in [0.15, 0.2) is 52.1 Å². The van der Waals surface area contributed by atoms with Gasteiger partial charge in [0.25, 0.3) is 0 Å². The highest BCUT2D eigenvalue weighted by Crippen LogP contribution is 2.25. The first-order valence-corrected chi connectivity index (χ1v) is 5.73. The van der Waals surface area contributed by atoms with Gasteiger partial charge in [-0.2, -0.15) is 0 Å². The minimum atomic E-state index is 0.781. The molecule has 0 aliphatic heterocycles. The van der Waals surface area contributed by atoms with Crippen LogP contribution in [-0.4, -0.2) is 9.55 Å². The summed E-state index contributed by atoms with van der Waals surface area (Å²) in [6.07, 6.45) is 7.32. The molecule has 2 aromatic heterocycles. The van der Waals surface area contributed by atoms with Crippen LogP contribution in [0.4, 0.5) is 0 Å². The van der Waals surface area contributed by atoms with Crippen LogP contribution in [0.25, 0.3) is 11.0 Å². The maximum Gasteiger partial charge on any atom is 0.134 e. The van der Waals surface area contributed by atoms with E-state index in [1.54, 1.807) is 18.8 Å². The van der Waals surface area contributed by atoms with Crippen LogP contribution < -0.4 is 0 Å². The van der Waals surface area contributed by atoms with Crippen LogP contribution >= 0.6 is 15.9 Å². The van der Waals surface area contributed by atoms with Gasteiger partial charge in [-0.15, -0.1) is 0 Å². The summed E-state index contributed by atoms with van der Waals surface area (Å²) in [5, 5.41) is 1.14. The van der Waals surface area contributed by atoms with Gasteiger partial charge in [0.2, 0.25) is 0 Å². The van der Waals surface area contributed by atoms with E-state index in [0.717, 1.165) is 27.6 Å². The van der Waals surface area contributed by atoms with Gasteiger partial charge in [-0.25, -0.2) is 4.98 Å². The largest absolute Gasteiger partial charge is 0.464 e. The highest BCUT2D eigenvalue weighted by Gasteiger charge is 2.06. The first-order valence-electron chi connectivity index (χ1n) is 4.94. The zero-order valence-corrected chi connectivity index (χ0v) is 10.0. The highest BCUT2D eigenvalue weighted by atomic mass is 79.9. The maximum atomic E-state index is 5.50. The van der Waals surface area contributed by atoms with Crippen molar-refractivity contribution in [3.8, 4) is 0 Å². The summed E-state index contributed by atoms with van der Waals surface area (Å²) in [4.78, 5) is 4.02. The monoisotopic (exact) mass is 276 g/mol. The third kappa shape index (κ3) is 1.65. The molecular weight excluding hydrogens is 268 g/mol. The number of benzene rings is 1. The molecule has 0 unspecified atom stereocenters. The normalized spacial score (nSPS) is 11.1. The fourth-order valence-electron chi connectivity index (χ4n) is 1.75. The quantitative estimate of drug-likeness (QED) is 0.718. The predicted octanol–water partition coefficient (Wildman–Crippen LogP) is 3.44. The van der Waals surface area contributed by atoms with Crippen molar-refractivity contribution in [2.75, 3.05) is 0 Å². The van der Waals surface area contributed by atoms with Crippen LogP contribution in [0.1, 0.15) is 5.56 Å². The number of hydrogen-bond donors (Lipinski definition) is 0. The minimum absolute atomic E-state index is 0.781. The molecule has 0 N–H and O–H groups in total. The van der Waals surface area contributed by atoms with Crippen LogP contribution in [0.5, 0.6) is 0 Å². The van der Waals surface area contributed by atoms with Gasteiger partial charge in [0.1, 0.15) is 5.58 Å². The van der Waals surface area contributed by atoms with Gasteiger partial charge in [-0.1, -0.05) is 15.9 Å². The summed E-state index contributed by atoms with van der Waals surface area (Å²) >= 11 is 3.47. The van der Waals surface area contributed by atoms with E-state index in [-0.39, 0.29) is 0 Å². The third-order valence-electron chi connectivity index (χ3n) is 2.53. The second-order valence-electron chi connectivity index (χ2n) is 3.64. The molecule has 3 aromatic rings. The molecule has 0 radical (unpaired) electrons. The maximum absolute atomic E-state index is 5.50. The minimum Gasteiger partial charge on any atom is -0.464 e. The van der Waals surface area contributed by atoms with Gasteiger partial charge >= 0.3 is 0 Å². The Morgan fingerprint density at radius 2 is 2.31 bits per heavy atom. The molecule has 0 saturated heterocycles. The van der Waals surface area contributed by atoms with E-state index in [2.05, 4.69) is 27.0 Å². The van der Waals surface area contributed by atoms with Crippen molar-refractivity contribution in [2.45, 2.75) is 6.54 Å². The summed E-state index contributed by atoms with van der Waals surface area (Å²) in [6.45, 7) is 0.781. The molecule has 0 aliphatic rings. The molecule has 0 saturated carbocycles. The number of furan rings is 1. The Morgan fingerprint density at radius 1 is 1.38 bits per heavy atom. The van der Waals surface area contributed by atoms with E-state index in [0.29, 0.717) is 0 Å². The molecule has 0 amide bonds. The summed E-state index contributed by atoms with van der Waals surface area (Å²) in [5.41, 5.74) is 2.08. The molecular formula is C12H9BrN2O. The second-order valence-corrected chi connectivity index (χ2v) is 4.55. The lowest BCUT2D eigenvalue weighted by Crippen LogP contribution is -1.94. The van der Waals surface area contributed by atoms with E-state index >= 15 is 0 Å². The Kier molecular flexibility index (Phi) is 2.29. The Bertz CT molecular complexity index is 613. The first-order chi connectivity index (χ1) is 7.83. The SMILES string of the molecule is Brc1ccc2occ(Cn3ccnc3)c2c1. The molecule has 80 valence electrons. The Morgan fingerprint density at radius 3 is 3.12 bits per heavy atom. The highest BCUT2D eigenvalue weighted by molar-refractivity contribution is 9.10. The number of hydrogen-bond acceptors (Lipinski definition) is 2. The van der Waals surface area contributed by atoms with E-state index in [4.69, 9.17) is 4.42 Å². The molecule has 3 nitrogen and oxygen atoms in total. The first kappa shape index (κ1) is 9.66. The Balaban J connectivity index is 2.07. The molecule has 2 heterocycles. The average molecular weight is 277 g/mol. The van der Waals surface area contributed by atoms with Gasteiger partial charge in [-0.05, 0) is 18.2 Å². The van der Waals surface area contributed by atoms with Crippen molar-refractivity contribution in [3.05, 3.63) is 53.2 Å². The smallest absolute Gasteiger partial charge is 0.134 e. The third-order valence-corrected chi connectivity index (χ3v) is 3.02.